The van der Waals surface area contributed by atoms with E-state index in [1.807, 2.05) is 0 Å². The molecule has 1 fully saturated rings. The second-order valence-corrected chi connectivity index (χ2v) is 9.60. The normalized spacial score (nSPS) is 19.6. The van der Waals surface area contributed by atoms with E-state index < -0.39 is 0 Å². The third-order valence-electron chi connectivity index (χ3n) is 7.63. The topological polar surface area (TPSA) is 95.9 Å². The average molecular weight is 485 g/mol. The molecule has 5 rings (SSSR count). The van der Waals surface area contributed by atoms with Crippen molar-refractivity contribution in [3.63, 3.8) is 0 Å². The molecule has 0 N–H and O–H groups in total. The highest BCUT2D eigenvalue weighted by atomic mass is 16.1. The van der Waals surface area contributed by atoms with E-state index in [1.54, 1.807) is 41.0 Å². The molecule has 1 saturated heterocycles. The molecule has 0 unspecified atom stereocenters. The first-order valence-corrected chi connectivity index (χ1v) is 12.6. The van der Waals surface area contributed by atoms with Gasteiger partial charge in [-0.3, -0.25) is 24.3 Å². The van der Waals surface area contributed by atoms with E-state index >= 15 is 0 Å². The van der Waals surface area contributed by atoms with Crippen molar-refractivity contribution in [3.05, 3.63) is 58.8 Å². The van der Waals surface area contributed by atoms with Crippen LogP contribution >= 0.6 is 0 Å². The van der Waals surface area contributed by atoms with Crippen molar-refractivity contribution < 1.29 is 0 Å². The van der Waals surface area contributed by atoms with E-state index in [1.165, 1.54) is 5.56 Å². The summed E-state index contributed by atoms with van der Waals surface area (Å²) in [5.74, 6) is 0. The number of aromatic nitrogens is 5. The maximum absolute atomic E-state index is 12.9. The zero-order chi connectivity index (χ0) is 25.4. The smallest absolute Gasteiger partial charge is 0.252 e. The van der Waals surface area contributed by atoms with E-state index in [-0.39, 0.29) is 24.2 Å². The van der Waals surface area contributed by atoms with Gasteiger partial charge in [-0.2, -0.15) is 10.4 Å². The van der Waals surface area contributed by atoms with Gasteiger partial charge < -0.3 is 9.47 Å². The Morgan fingerprint density at radius 3 is 2.56 bits per heavy atom. The van der Waals surface area contributed by atoms with Crippen LogP contribution in [0, 0.1) is 11.3 Å². The van der Waals surface area contributed by atoms with Crippen LogP contribution in [0.4, 0.5) is 5.69 Å². The number of nitriles is 1. The van der Waals surface area contributed by atoms with Crippen LogP contribution in [0.25, 0.3) is 22.1 Å². The van der Waals surface area contributed by atoms with Gasteiger partial charge in [0.2, 0.25) is 0 Å². The standard InChI is InChI=1S/C27H32N8O/c1-5-20-16-35(24-14-26(36)32(4)25-17-33(12-9-28)31-27(24)25)21(6-2)15-34(20)18(3)19-7-8-22-23(13-19)30-11-10-29-22/h7-8,10-11,13-14,17-18,20-21H,5-6,12,15-16H2,1-4H3/t18-,20+,21-/m0/s1. The van der Waals surface area contributed by atoms with Crippen molar-refractivity contribution in [1.29, 1.82) is 5.26 Å². The molecule has 1 aliphatic heterocycles. The highest BCUT2D eigenvalue weighted by Crippen LogP contribution is 2.34. The molecule has 186 valence electrons. The van der Waals surface area contributed by atoms with E-state index in [9.17, 15) is 4.79 Å². The molecule has 0 bridgehead atoms. The zero-order valence-corrected chi connectivity index (χ0v) is 21.3. The highest BCUT2D eigenvalue weighted by molar-refractivity contribution is 5.88. The second kappa shape index (κ2) is 9.70. The van der Waals surface area contributed by atoms with Crippen LogP contribution < -0.4 is 10.5 Å². The van der Waals surface area contributed by atoms with E-state index in [4.69, 9.17) is 10.4 Å². The van der Waals surface area contributed by atoms with Gasteiger partial charge in [0.25, 0.3) is 5.56 Å². The number of benzene rings is 1. The zero-order valence-electron chi connectivity index (χ0n) is 21.3. The first-order chi connectivity index (χ1) is 17.4. The number of fused-ring (bicyclic) bond motifs is 2. The number of piperazine rings is 1. The van der Waals surface area contributed by atoms with Gasteiger partial charge >= 0.3 is 0 Å². The fourth-order valence-corrected chi connectivity index (χ4v) is 5.50. The number of hydrogen-bond donors (Lipinski definition) is 0. The fraction of sp³-hybridized carbons (Fsp3) is 0.444. The van der Waals surface area contributed by atoms with Crippen molar-refractivity contribution in [2.45, 2.75) is 58.3 Å². The molecule has 4 aromatic rings. The second-order valence-electron chi connectivity index (χ2n) is 9.60. The molecule has 0 aliphatic carbocycles. The summed E-state index contributed by atoms with van der Waals surface area (Å²) >= 11 is 0. The molecule has 0 spiro atoms. The van der Waals surface area contributed by atoms with E-state index in [0.717, 1.165) is 53.7 Å². The van der Waals surface area contributed by atoms with Crippen LogP contribution in [0.5, 0.6) is 0 Å². The lowest BCUT2D eigenvalue weighted by atomic mass is 9.96. The Morgan fingerprint density at radius 2 is 1.83 bits per heavy atom. The quantitative estimate of drug-likeness (QED) is 0.412. The van der Waals surface area contributed by atoms with Gasteiger partial charge in [-0.25, -0.2) is 0 Å². The van der Waals surface area contributed by atoms with Gasteiger partial charge in [-0.1, -0.05) is 19.9 Å². The minimum absolute atomic E-state index is 0.0648. The predicted octanol–water partition coefficient (Wildman–Crippen LogP) is 3.64. The van der Waals surface area contributed by atoms with Crippen LogP contribution in [-0.4, -0.2) is 54.4 Å². The minimum Gasteiger partial charge on any atom is -0.364 e. The summed E-state index contributed by atoms with van der Waals surface area (Å²) in [4.78, 5) is 26.8. The summed E-state index contributed by atoms with van der Waals surface area (Å²) in [5.41, 5.74) is 5.38. The van der Waals surface area contributed by atoms with Crippen molar-refractivity contribution in [1.82, 2.24) is 29.2 Å². The number of nitrogens with zero attached hydrogens (tertiary/aromatic N) is 8. The first-order valence-electron chi connectivity index (χ1n) is 12.6. The molecule has 36 heavy (non-hydrogen) atoms. The molecule has 3 aromatic heterocycles. The predicted molar refractivity (Wildman–Crippen MR) is 141 cm³/mol. The Bertz CT molecular complexity index is 1500. The minimum atomic E-state index is -0.0648. The highest BCUT2D eigenvalue weighted by Gasteiger charge is 2.36. The molecular weight excluding hydrogens is 452 g/mol. The van der Waals surface area contributed by atoms with Gasteiger partial charge in [-0.05, 0) is 37.5 Å². The van der Waals surface area contributed by atoms with Gasteiger partial charge in [-0.15, -0.1) is 0 Å². The Balaban J connectivity index is 1.51. The molecule has 1 aromatic carbocycles. The third kappa shape index (κ3) is 4.11. The Hall–Kier alpha value is -3.77. The number of aryl methyl sites for hydroxylation is 1. The molecule has 3 atom stereocenters. The van der Waals surface area contributed by atoms with Gasteiger partial charge in [0, 0.05) is 56.7 Å². The van der Waals surface area contributed by atoms with Crippen LogP contribution in [0.1, 0.15) is 45.2 Å². The van der Waals surface area contributed by atoms with Crippen molar-refractivity contribution >= 4 is 27.8 Å². The molecule has 0 saturated carbocycles. The van der Waals surface area contributed by atoms with Crippen molar-refractivity contribution in [3.8, 4) is 6.07 Å². The largest absolute Gasteiger partial charge is 0.364 e. The summed E-state index contributed by atoms with van der Waals surface area (Å²) in [6.45, 7) is 8.53. The number of rotatable bonds is 6. The molecule has 4 heterocycles. The number of hydrogen-bond acceptors (Lipinski definition) is 7. The Labute approximate surface area is 210 Å². The summed E-state index contributed by atoms with van der Waals surface area (Å²) in [7, 11) is 1.76. The van der Waals surface area contributed by atoms with Crippen molar-refractivity contribution in [2.75, 3.05) is 18.0 Å². The summed E-state index contributed by atoms with van der Waals surface area (Å²) in [6, 6.07) is 11.0. The number of anilines is 1. The lowest BCUT2D eigenvalue weighted by Gasteiger charge is -2.49. The molecule has 0 amide bonds. The maximum Gasteiger partial charge on any atom is 0.252 e. The Morgan fingerprint density at radius 1 is 1.08 bits per heavy atom. The Kier molecular flexibility index (Phi) is 6.46. The van der Waals surface area contributed by atoms with Crippen LogP contribution in [0.2, 0.25) is 0 Å². The lowest BCUT2D eigenvalue weighted by Crippen LogP contribution is -2.58. The summed E-state index contributed by atoms with van der Waals surface area (Å²) in [6.07, 6.45) is 7.18. The van der Waals surface area contributed by atoms with E-state index in [0.29, 0.717) is 6.04 Å². The van der Waals surface area contributed by atoms with Gasteiger partial charge in [0.05, 0.1) is 34.5 Å². The summed E-state index contributed by atoms with van der Waals surface area (Å²) in [5, 5.41) is 13.9. The SMILES string of the molecule is CC[C@H]1CN([C@@H](C)c2ccc3nccnc3c2)[C@H](CC)CN1c1cc(=O)n(C)c2cn(CC#N)nc12. The molecular formula is C27H32N8O. The van der Waals surface area contributed by atoms with Crippen LogP contribution in [0.3, 0.4) is 0 Å². The van der Waals surface area contributed by atoms with Crippen molar-refractivity contribution in [2.24, 2.45) is 7.05 Å². The van der Waals surface area contributed by atoms with Gasteiger partial charge in [0.15, 0.2) is 0 Å². The maximum atomic E-state index is 12.9. The third-order valence-corrected chi connectivity index (χ3v) is 7.63. The van der Waals surface area contributed by atoms with E-state index in [2.05, 4.69) is 64.8 Å². The lowest BCUT2D eigenvalue weighted by molar-refractivity contribution is 0.101. The fourth-order valence-electron chi connectivity index (χ4n) is 5.50. The monoisotopic (exact) mass is 484 g/mol. The summed E-state index contributed by atoms with van der Waals surface area (Å²) < 4.78 is 3.23. The van der Waals surface area contributed by atoms with Crippen LogP contribution in [-0.2, 0) is 13.6 Å². The molecule has 9 nitrogen and oxygen atoms in total. The molecule has 0 radical (unpaired) electrons. The average Bonchev–Trinajstić information content (AvgIpc) is 3.33. The number of pyridine rings is 1. The molecule has 9 heteroatoms. The molecule has 1 aliphatic rings. The first kappa shape index (κ1) is 23.9. The van der Waals surface area contributed by atoms with Gasteiger partial charge in [0.1, 0.15) is 12.1 Å². The van der Waals surface area contributed by atoms with Crippen LogP contribution in [0.15, 0.2) is 47.7 Å².